The fourth-order valence-electron chi connectivity index (χ4n) is 2.55. The summed E-state index contributed by atoms with van der Waals surface area (Å²) in [6, 6.07) is 11.3. The molecule has 30 heavy (non-hydrogen) atoms. The molecule has 1 heterocycles. The summed E-state index contributed by atoms with van der Waals surface area (Å²) in [4.78, 5) is 36.0. The van der Waals surface area contributed by atoms with Gasteiger partial charge in [0.05, 0.1) is 13.2 Å². The molecule has 3 N–H and O–H groups in total. The number of hydrogen-bond donors (Lipinski definition) is 3. The van der Waals surface area contributed by atoms with Crippen LogP contribution in [0.2, 0.25) is 0 Å². The average molecular weight is 415 g/mol. The summed E-state index contributed by atoms with van der Waals surface area (Å²) in [5, 5.41) is 7.73. The van der Waals surface area contributed by atoms with E-state index in [1.54, 1.807) is 42.5 Å². The fourth-order valence-corrected chi connectivity index (χ4v) is 2.55. The highest BCUT2D eigenvalue weighted by Crippen LogP contribution is 2.32. The van der Waals surface area contributed by atoms with Gasteiger partial charge in [-0.15, -0.1) is 0 Å². The third kappa shape index (κ3) is 5.85. The van der Waals surface area contributed by atoms with E-state index in [1.807, 2.05) is 0 Å². The van der Waals surface area contributed by atoms with Crippen LogP contribution in [0.1, 0.15) is 10.4 Å². The predicted molar refractivity (Wildman–Crippen MR) is 107 cm³/mol. The van der Waals surface area contributed by atoms with Crippen molar-refractivity contribution in [1.29, 1.82) is 0 Å². The summed E-state index contributed by atoms with van der Waals surface area (Å²) >= 11 is 0. The Bertz CT molecular complexity index is 932. The van der Waals surface area contributed by atoms with Crippen LogP contribution in [-0.2, 0) is 14.3 Å². The summed E-state index contributed by atoms with van der Waals surface area (Å²) in [5.41, 5.74) is 1.25. The van der Waals surface area contributed by atoms with Crippen molar-refractivity contribution in [2.24, 2.45) is 0 Å². The standard InChI is InChI=1S/C20H21N3O7/c1-27-7-8-28-20(26)23-15-4-2-3-14(10-15)22-18(24)11-21-19(25)13-5-6-16-17(9-13)30-12-29-16/h2-6,9-10H,7-8,11-12H2,1H3,(H,21,25)(H,22,24)(H,23,26). The summed E-state index contributed by atoms with van der Waals surface area (Å²) in [6.07, 6.45) is -0.633. The Morgan fingerprint density at radius 3 is 2.53 bits per heavy atom. The maximum atomic E-state index is 12.2. The van der Waals surface area contributed by atoms with Gasteiger partial charge in [-0.25, -0.2) is 4.79 Å². The van der Waals surface area contributed by atoms with Crippen LogP contribution >= 0.6 is 0 Å². The number of hydrogen-bond acceptors (Lipinski definition) is 7. The maximum absolute atomic E-state index is 12.2. The van der Waals surface area contributed by atoms with E-state index in [0.717, 1.165) is 0 Å². The van der Waals surface area contributed by atoms with Gasteiger partial charge in [-0.3, -0.25) is 14.9 Å². The van der Waals surface area contributed by atoms with Gasteiger partial charge in [0, 0.05) is 24.0 Å². The van der Waals surface area contributed by atoms with E-state index in [1.165, 1.54) is 7.11 Å². The molecule has 0 atom stereocenters. The lowest BCUT2D eigenvalue weighted by Gasteiger charge is -2.10. The average Bonchev–Trinajstić information content (AvgIpc) is 3.20. The summed E-state index contributed by atoms with van der Waals surface area (Å²) in [6.45, 7) is 0.301. The molecule has 2 aromatic rings. The van der Waals surface area contributed by atoms with E-state index < -0.39 is 17.9 Å². The second kappa shape index (κ2) is 10.1. The Labute approximate surface area is 172 Å². The number of carbonyl (C=O) groups is 3. The van der Waals surface area contributed by atoms with E-state index in [-0.39, 0.29) is 19.9 Å². The van der Waals surface area contributed by atoms with Crippen LogP contribution in [0.4, 0.5) is 16.2 Å². The van der Waals surface area contributed by atoms with Crippen molar-refractivity contribution in [2.75, 3.05) is 44.3 Å². The van der Waals surface area contributed by atoms with Crippen LogP contribution in [0.5, 0.6) is 11.5 Å². The van der Waals surface area contributed by atoms with Crippen LogP contribution in [0.25, 0.3) is 0 Å². The van der Waals surface area contributed by atoms with Crippen molar-refractivity contribution in [1.82, 2.24) is 5.32 Å². The zero-order valence-electron chi connectivity index (χ0n) is 16.2. The first-order valence-electron chi connectivity index (χ1n) is 9.05. The minimum Gasteiger partial charge on any atom is -0.454 e. The first-order valence-corrected chi connectivity index (χ1v) is 9.05. The molecule has 10 nitrogen and oxygen atoms in total. The predicted octanol–water partition coefficient (Wildman–Crippen LogP) is 1.98. The van der Waals surface area contributed by atoms with Gasteiger partial charge in [0.15, 0.2) is 11.5 Å². The Morgan fingerprint density at radius 1 is 0.967 bits per heavy atom. The summed E-state index contributed by atoms with van der Waals surface area (Å²) in [7, 11) is 1.50. The maximum Gasteiger partial charge on any atom is 0.411 e. The number of anilines is 2. The lowest BCUT2D eigenvalue weighted by Crippen LogP contribution is -2.32. The summed E-state index contributed by atoms with van der Waals surface area (Å²) in [5.74, 6) is 0.208. The molecule has 158 valence electrons. The third-order valence-electron chi connectivity index (χ3n) is 3.96. The van der Waals surface area contributed by atoms with Crippen molar-refractivity contribution in [2.45, 2.75) is 0 Å². The number of methoxy groups -OCH3 is 1. The third-order valence-corrected chi connectivity index (χ3v) is 3.96. The first kappa shape index (κ1) is 20.9. The Balaban J connectivity index is 1.47. The van der Waals surface area contributed by atoms with E-state index in [2.05, 4.69) is 16.0 Å². The number of ether oxygens (including phenoxy) is 4. The highest BCUT2D eigenvalue weighted by atomic mass is 16.7. The smallest absolute Gasteiger partial charge is 0.411 e. The molecule has 0 aromatic heterocycles. The normalized spacial score (nSPS) is 11.5. The molecule has 2 aromatic carbocycles. The number of carbonyl (C=O) groups excluding carboxylic acids is 3. The lowest BCUT2D eigenvalue weighted by atomic mass is 10.2. The number of benzene rings is 2. The highest BCUT2D eigenvalue weighted by molar-refractivity contribution is 6.00. The fraction of sp³-hybridized carbons (Fsp3) is 0.250. The number of nitrogens with one attached hydrogen (secondary N) is 3. The van der Waals surface area contributed by atoms with Gasteiger partial charge in [-0.05, 0) is 36.4 Å². The quantitative estimate of drug-likeness (QED) is 0.563. The van der Waals surface area contributed by atoms with Crippen molar-refractivity contribution < 1.29 is 33.3 Å². The Kier molecular flexibility index (Phi) is 7.06. The zero-order valence-corrected chi connectivity index (χ0v) is 16.2. The van der Waals surface area contributed by atoms with Crippen molar-refractivity contribution in [3.63, 3.8) is 0 Å². The van der Waals surface area contributed by atoms with E-state index in [9.17, 15) is 14.4 Å². The monoisotopic (exact) mass is 415 g/mol. The van der Waals surface area contributed by atoms with Gasteiger partial charge in [-0.1, -0.05) is 6.07 Å². The van der Waals surface area contributed by atoms with Crippen molar-refractivity contribution >= 4 is 29.3 Å². The molecule has 0 saturated heterocycles. The molecule has 0 unspecified atom stereocenters. The molecule has 1 aliphatic rings. The van der Waals surface area contributed by atoms with Crippen molar-refractivity contribution in [3.05, 3.63) is 48.0 Å². The van der Waals surface area contributed by atoms with E-state index in [0.29, 0.717) is 35.0 Å². The van der Waals surface area contributed by atoms with E-state index in [4.69, 9.17) is 18.9 Å². The highest BCUT2D eigenvalue weighted by Gasteiger charge is 2.16. The minimum absolute atomic E-state index is 0.113. The topological polar surface area (TPSA) is 124 Å². The molecule has 3 rings (SSSR count). The molecular formula is C20H21N3O7. The van der Waals surface area contributed by atoms with Crippen LogP contribution in [0, 0.1) is 0 Å². The van der Waals surface area contributed by atoms with Gasteiger partial charge in [0.1, 0.15) is 6.61 Å². The van der Waals surface area contributed by atoms with Gasteiger partial charge in [0.2, 0.25) is 12.7 Å². The summed E-state index contributed by atoms with van der Waals surface area (Å²) < 4.78 is 20.1. The second-order valence-electron chi connectivity index (χ2n) is 6.13. The van der Waals surface area contributed by atoms with Crippen molar-refractivity contribution in [3.8, 4) is 11.5 Å². The van der Waals surface area contributed by atoms with Crippen LogP contribution in [-0.4, -0.2) is 51.6 Å². The molecule has 1 aliphatic heterocycles. The van der Waals surface area contributed by atoms with Gasteiger partial charge < -0.3 is 29.6 Å². The molecule has 10 heteroatoms. The molecule has 0 spiro atoms. The minimum atomic E-state index is -0.633. The second-order valence-corrected chi connectivity index (χ2v) is 6.13. The largest absolute Gasteiger partial charge is 0.454 e. The Morgan fingerprint density at radius 2 is 1.73 bits per heavy atom. The van der Waals surface area contributed by atoms with Gasteiger partial charge in [-0.2, -0.15) is 0 Å². The molecule has 0 aliphatic carbocycles. The molecule has 0 bridgehead atoms. The van der Waals surface area contributed by atoms with Crippen LogP contribution in [0.15, 0.2) is 42.5 Å². The van der Waals surface area contributed by atoms with Gasteiger partial charge >= 0.3 is 6.09 Å². The van der Waals surface area contributed by atoms with Crippen LogP contribution in [0.3, 0.4) is 0 Å². The number of rotatable bonds is 8. The molecule has 0 fully saturated rings. The number of fused-ring (bicyclic) bond motifs is 1. The first-order chi connectivity index (χ1) is 14.5. The van der Waals surface area contributed by atoms with E-state index >= 15 is 0 Å². The number of amides is 3. The zero-order chi connectivity index (χ0) is 21.3. The van der Waals surface area contributed by atoms with Gasteiger partial charge in [0.25, 0.3) is 5.91 Å². The SMILES string of the molecule is COCCOC(=O)Nc1cccc(NC(=O)CNC(=O)c2ccc3c(c2)OCO3)c1. The Hall–Kier alpha value is -3.79. The van der Waals surface area contributed by atoms with Crippen LogP contribution < -0.4 is 25.4 Å². The molecule has 0 radical (unpaired) electrons. The lowest BCUT2D eigenvalue weighted by molar-refractivity contribution is -0.115. The molecule has 3 amide bonds. The molecule has 0 saturated carbocycles. The molecular weight excluding hydrogens is 394 g/mol.